The number of hydrogen-bond donors (Lipinski definition) is 1. The van der Waals surface area contributed by atoms with E-state index < -0.39 is 18.8 Å². The minimum Gasteiger partial charge on any atom is -0.492 e. The predicted molar refractivity (Wildman–Crippen MR) is 113 cm³/mol. The van der Waals surface area contributed by atoms with E-state index in [9.17, 15) is 22.7 Å². The smallest absolute Gasteiger partial charge is 0.401 e. The van der Waals surface area contributed by atoms with Crippen LogP contribution < -0.4 is 4.74 Å². The first-order valence-corrected chi connectivity index (χ1v) is 10.9. The summed E-state index contributed by atoms with van der Waals surface area (Å²) in [7, 11) is 0. The number of hydrogen-bond acceptors (Lipinski definition) is 4. The van der Waals surface area contributed by atoms with E-state index in [0.29, 0.717) is 25.3 Å². The second kappa shape index (κ2) is 9.77. The van der Waals surface area contributed by atoms with E-state index in [1.54, 1.807) is 18.2 Å². The second-order valence-corrected chi connectivity index (χ2v) is 8.63. The molecule has 1 N–H and O–H groups in total. The summed E-state index contributed by atoms with van der Waals surface area (Å²) in [6, 6.07) is 12.2. The lowest BCUT2D eigenvalue weighted by atomic mass is 9.87. The van der Waals surface area contributed by atoms with Crippen molar-refractivity contribution in [3.05, 3.63) is 64.7 Å². The number of nitrogens with zero attached hydrogens (tertiary/aromatic N) is 2. The molecule has 2 aromatic carbocycles. The Hall–Kier alpha value is -2.16. The quantitative estimate of drug-likeness (QED) is 0.615. The molecule has 0 saturated carbocycles. The van der Waals surface area contributed by atoms with E-state index in [1.807, 2.05) is 24.3 Å². The Kier molecular flexibility index (Phi) is 7.02. The van der Waals surface area contributed by atoms with E-state index in [0.717, 1.165) is 41.9 Å². The van der Waals surface area contributed by atoms with Crippen molar-refractivity contribution < 1.29 is 27.4 Å². The molecule has 4 rings (SSSR count). The number of fused-ring (bicyclic) bond motifs is 1. The fourth-order valence-corrected chi connectivity index (χ4v) is 4.62. The molecule has 1 saturated heterocycles. The van der Waals surface area contributed by atoms with E-state index in [-0.39, 0.29) is 19.2 Å². The number of benzene rings is 2. The molecule has 0 aromatic heterocycles. The average Bonchev–Trinajstić information content (AvgIpc) is 2.74. The van der Waals surface area contributed by atoms with Gasteiger partial charge >= 0.3 is 6.18 Å². The van der Waals surface area contributed by atoms with Gasteiger partial charge < -0.3 is 9.84 Å². The predicted octanol–water partition coefficient (Wildman–Crippen LogP) is 3.97. The van der Waals surface area contributed by atoms with Gasteiger partial charge in [0.05, 0.1) is 25.9 Å². The van der Waals surface area contributed by atoms with Crippen molar-refractivity contribution in [3.8, 4) is 5.75 Å². The van der Waals surface area contributed by atoms with Gasteiger partial charge in [0.25, 0.3) is 0 Å². The van der Waals surface area contributed by atoms with Crippen molar-refractivity contribution in [2.45, 2.75) is 25.2 Å². The van der Waals surface area contributed by atoms with Crippen molar-refractivity contribution in [1.29, 1.82) is 0 Å². The summed E-state index contributed by atoms with van der Waals surface area (Å²) in [5.41, 5.74) is 3.34. The maximum atomic E-state index is 13.3. The van der Waals surface area contributed by atoms with Gasteiger partial charge in [-0.05, 0) is 40.8 Å². The van der Waals surface area contributed by atoms with Gasteiger partial charge in [-0.2, -0.15) is 13.2 Å². The summed E-state index contributed by atoms with van der Waals surface area (Å²) >= 11 is 0. The molecule has 0 aliphatic carbocycles. The summed E-state index contributed by atoms with van der Waals surface area (Å²) in [5.74, 6) is 0.797. The van der Waals surface area contributed by atoms with Crippen LogP contribution in [0.2, 0.25) is 0 Å². The highest BCUT2D eigenvalue weighted by molar-refractivity contribution is 5.43. The SMILES string of the molecule is OCc1ccc2c(c1)CCN(CC(F)(F)F)C2c1ccc(OCCN2CC(CF)C2)cc1. The lowest BCUT2D eigenvalue weighted by Gasteiger charge is -2.38. The van der Waals surface area contributed by atoms with Gasteiger partial charge in [-0.25, -0.2) is 0 Å². The first-order valence-electron chi connectivity index (χ1n) is 10.9. The molecular weight excluding hydrogens is 424 g/mol. The van der Waals surface area contributed by atoms with Crippen LogP contribution in [0.15, 0.2) is 42.5 Å². The maximum Gasteiger partial charge on any atom is 0.401 e. The van der Waals surface area contributed by atoms with Gasteiger partial charge in [0.15, 0.2) is 0 Å². The zero-order valence-corrected chi connectivity index (χ0v) is 17.8. The zero-order valence-electron chi connectivity index (χ0n) is 17.8. The van der Waals surface area contributed by atoms with Gasteiger partial charge in [-0.1, -0.05) is 30.3 Å². The summed E-state index contributed by atoms with van der Waals surface area (Å²) in [6.45, 7) is 1.65. The lowest BCUT2D eigenvalue weighted by Crippen LogP contribution is -2.49. The zero-order chi connectivity index (χ0) is 22.7. The highest BCUT2D eigenvalue weighted by atomic mass is 19.4. The molecule has 2 aliphatic heterocycles. The van der Waals surface area contributed by atoms with Crippen LogP contribution in [0.1, 0.15) is 28.3 Å². The molecule has 2 aromatic rings. The van der Waals surface area contributed by atoms with Crippen LogP contribution in [0.5, 0.6) is 5.75 Å². The molecule has 2 heterocycles. The highest BCUT2D eigenvalue weighted by Gasteiger charge is 2.37. The summed E-state index contributed by atoms with van der Waals surface area (Å²) in [4.78, 5) is 3.59. The number of aliphatic hydroxyl groups excluding tert-OH is 1. The molecule has 1 fully saturated rings. The van der Waals surface area contributed by atoms with Crippen LogP contribution in [0, 0.1) is 5.92 Å². The Balaban J connectivity index is 1.47. The number of alkyl halides is 4. The Bertz CT molecular complexity index is 898. The summed E-state index contributed by atoms with van der Waals surface area (Å²) in [6.07, 6.45) is -3.78. The van der Waals surface area contributed by atoms with Crippen molar-refractivity contribution in [2.75, 3.05) is 46.0 Å². The number of rotatable bonds is 8. The maximum absolute atomic E-state index is 13.3. The second-order valence-electron chi connectivity index (χ2n) is 8.63. The van der Waals surface area contributed by atoms with Crippen LogP contribution in [0.3, 0.4) is 0 Å². The molecule has 8 heteroatoms. The Morgan fingerprint density at radius 3 is 2.47 bits per heavy atom. The molecule has 0 radical (unpaired) electrons. The molecule has 0 amide bonds. The van der Waals surface area contributed by atoms with Gasteiger partial charge in [-0.3, -0.25) is 14.2 Å². The van der Waals surface area contributed by atoms with Gasteiger partial charge in [0.2, 0.25) is 0 Å². The van der Waals surface area contributed by atoms with Crippen LogP contribution in [-0.2, 0) is 13.0 Å². The van der Waals surface area contributed by atoms with Crippen LogP contribution >= 0.6 is 0 Å². The fourth-order valence-electron chi connectivity index (χ4n) is 4.62. The van der Waals surface area contributed by atoms with Crippen LogP contribution in [-0.4, -0.2) is 67.1 Å². The standard InChI is InChI=1S/C24H28F4N2O2/c25-12-18-13-29(14-18)9-10-32-21-4-2-19(3-5-21)23-22-6-1-17(15-31)11-20(22)7-8-30(23)16-24(26,27)28/h1-6,11,18,23,31H,7-10,12-16H2. The van der Waals surface area contributed by atoms with E-state index in [2.05, 4.69) is 4.90 Å². The van der Waals surface area contributed by atoms with Gasteiger partial charge in [0, 0.05) is 32.1 Å². The largest absolute Gasteiger partial charge is 0.492 e. The third-order valence-electron chi connectivity index (χ3n) is 6.22. The Labute approximate surface area is 185 Å². The number of likely N-dealkylation sites (tertiary alicyclic amines) is 1. The molecule has 1 unspecified atom stereocenters. The molecule has 174 valence electrons. The Morgan fingerprint density at radius 1 is 1.06 bits per heavy atom. The van der Waals surface area contributed by atoms with Gasteiger partial charge in [0.1, 0.15) is 12.4 Å². The summed E-state index contributed by atoms with van der Waals surface area (Å²) in [5, 5.41) is 9.41. The molecule has 0 spiro atoms. The topological polar surface area (TPSA) is 35.9 Å². The van der Waals surface area contributed by atoms with Gasteiger partial charge in [-0.15, -0.1) is 0 Å². The Morgan fingerprint density at radius 2 is 1.81 bits per heavy atom. The van der Waals surface area contributed by atoms with E-state index in [1.165, 1.54) is 4.90 Å². The third kappa shape index (κ3) is 5.42. The highest BCUT2D eigenvalue weighted by Crippen LogP contribution is 2.38. The minimum atomic E-state index is -4.29. The molecule has 2 aliphatic rings. The third-order valence-corrected chi connectivity index (χ3v) is 6.22. The van der Waals surface area contributed by atoms with Crippen molar-refractivity contribution >= 4 is 0 Å². The first kappa shape index (κ1) is 23.0. The first-order chi connectivity index (χ1) is 15.4. The summed E-state index contributed by atoms with van der Waals surface area (Å²) < 4.78 is 58.0. The molecule has 4 nitrogen and oxygen atoms in total. The molecule has 0 bridgehead atoms. The van der Waals surface area contributed by atoms with Crippen molar-refractivity contribution in [3.63, 3.8) is 0 Å². The van der Waals surface area contributed by atoms with E-state index >= 15 is 0 Å². The number of aliphatic hydroxyl groups is 1. The minimum absolute atomic E-state index is 0.0951. The number of ether oxygens (including phenoxy) is 1. The lowest BCUT2D eigenvalue weighted by molar-refractivity contribution is -0.150. The van der Waals surface area contributed by atoms with Crippen LogP contribution in [0.25, 0.3) is 0 Å². The van der Waals surface area contributed by atoms with Crippen molar-refractivity contribution in [2.24, 2.45) is 5.92 Å². The monoisotopic (exact) mass is 452 g/mol. The normalized spacial score (nSPS) is 20.1. The van der Waals surface area contributed by atoms with Crippen LogP contribution in [0.4, 0.5) is 17.6 Å². The molecule has 32 heavy (non-hydrogen) atoms. The van der Waals surface area contributed by atoms with Crippen molar-refractivity contribution in [1.82, 2.24) is 9.80 Å². The average molecular weight is 452 g/mol. The molecular formula is C24H28F4N2O2. The molecule has 1 atom stereocenters. The fraction of sp³-hybridized carbons (Fsp3) is 0.500. The number of halogens is 4. The van der Waals surface area contributed by atoms with E-state index in [4.69, 9.17) is 4.74 Å².